The molecule has 0 saturated carbocycles. The Hall–Kier alpha value is -1.35. The van der Waals surface area contributed by atoms with Crippen molar-refractivity contribution in [3.05, 3.63) is 53.5 Å². The van der Waals surface area contributed by atoms with Gasteiger partial charge in [-0.15, -0.1) is 49.6 Å². The highest BCUT2D eigenvalue weighted by Crippen LogP contribution is 2.18. The minimum Gasteiger partial charge on any atom is -0.353 e. The summed E-state index contributed by atoms with van der Waals surface area (Å²) in [7, 11) is 0. The van der Waals surface area contributed by atoms with E-state index in [0.29, 0.717) is 6.42 Å². The number of aromatic nitrogens is 2. The summed E-state index contributed by atoms with van der Waals surface area (Å²) >= 11 is 0. The zero-order chi connectivity index (χ0) is 17.5. The van der Waals surface area contributed by atoms with E-state index >= 15 is 0 Å². The number of carbonyl (C=O) groups is 1. The van der Waals surface area contributed by atoms with Crippen LogP contribution in [0.3, 0.4) is 0 Å². The number of anilines is 1. The molecule has 0 spiro atoms. The number of benzene rings is 1. The molecule has 164 valence electrons. The molecule has 1 aliphatic heterocycles. The summed E-state index contributed by atoms with van der Waals surface area (Å²) in [6.07, 6.45) is 5.55. The van der Waals surface area contributed by atoms with Gasteiger partial charge in [-0.05, 0) is 24.0 Å². The van der Waals surface area contributed by atoms with Gasteiger partial charge in [-0.3, -0.25) is 15.2 Å². The molecule has 11 heteroatoms. The maximum atomic E-state index is 11.3. The van der Waals surface area contributed by atoms with Crippen LogP contribution in [0.2, 0.25) is 0 Å². The fourth-order valence-electron chi connectivity index (χ4n) is 3.00. The molecule has 1 fully saturated rings. The van der Waals surface area contributed by atoms with Crippen LogP contribution in [-0.4, -0.2) is 42.1 Å². The number of nitrogens with two attached hydrogens (primary N) is 1. The normalized spacial score (nSPS) is 12.4. The summed E-state index contributed by atoms with van der Waals surface area (Å²) in [6, 6.07) is 8.05. The predicted octanol–water partition coefficient (Wildman–Crippen LogP) is 1.89. The molecule has 1 amide bonds. The van der Waals surface area contributed by atoms with E-state index in [-0.39, 0.29) is 55.5 Å². The lowest BCUT2D eigenvalue weighted by Gasteiger charge is -2.29. The van der Waals surface area contributed by atoms with E-state index in [2.05, 4.69) is 37.7 Å². The molecule has 7 nitrogen and oxygen atoms in total. The van der Waals surface area contributed by atoms with Gasteiger partial charge in [-0.2, -0.15) is 0 Å². The van der Waals surface area contributed by atoms with Crippen LogP contribution in [0, 0.1) is 0 Å². The quantitative estimate of drug-likeness (QED) is 0.328. The predicted molar refractivity (Wildman–Crippen MR) is 126 cm³/mol. The fraction of sp³-hybridized carbons (Fsp3) is 0.389. The SMILES string of the molecule is Cl.Cl.Cl.Cl.NNC(=O)Cc1ccc(CCc2nccnc2N2CCNCC2)cc1. The van der Waals surface area contributed by atoms with Gasteiger partial charge in [0.05, 0.1) is 12.1 Å². The van der Waals surface area contributed by atoms with Gasteiger partial charge in [0.15, 0.2) is 0 Å². The number of piperazine rings is 1. The minimum atomic E-state index is -0.187. The maximum Gasteiger partial charge on any atom is 0.238 e. The molecule has 2 heterocycles. The average Bonchev–Trinajstić information content (AvgIpc) is 2.68. The smallest absolute Gasteiger partial charge is 0.238 e. The van der Waals surface area contributed by atoms with Gasteiger partial charge in [0.25, 0.3) is 0 Å². The lowest BCUT2D eigenvalue weighted by molar-refractivity contribution is -0.120. The lowest BCUT2D eigenvalue weighted by atomic mass is 10.0. The van der Waals surface area contributed by atoms with Gasteiger partial charge in [-0.25, -0.2) is 10.8 Å². The minimum absolute atomic E-state index is 0. The Morgan fingerprint density at radius 1 is 0.966 bits per heavy atom. The Balaban J connectivity index is 0. The van der Waals surface area contributed by atoms with E-state index in [4.69, 9.17) is 5.84 Å². The van der Waals surface area contributed by atoms with Crippen molar-refractivity contribution in [3.8, 4) is 0 Å². The Labute approximate surface area is 196 Å². The first-order chi connectivity index (χ1) is 12.3. The number of rotatable bonds is 6. The van der Waals surface area contributed by atoms with Crippen molar-refractivity contribution >= 4 is 61.4 Å². The number of aryl methyl sites for hydroxylation is 2. The molecule has 0 aliphatic carbocycles. The van der Waals surface area contributed by atoms with Crippen LogP contribution < -0.4 is 21.5 Å². The largest absolute Gasteiger partial charge is 0.353 e. The van der Waals surface area contributed by atoms with E-state index in [9.17, 15) is 4.79 Å². The van der Waals surface area contributed by atoms with E-state index < -0.39 is 0 Å². The van der Waals surface area contributed by atoms with Gasteiger partial charge in [0, 0.05) is 38.6 Å². The van der Waals surface area contributed by atoms with Crippen molar-refractivity contribution < 1.29 is 4.79 Å². The average molecular weight is 486 g/mol. The van der Waals surface area contributed by atoms with Gasteiger partial charge in [-0.1, -0.05) is 24.3 Å². The molecule has 29 heavy (non-hydrogen) atoms. The number of hydrogen-bond acceptors (Lipinski definition) is 6. The highest BCUT2D eigenvalue weighted by molar-refractivity contribution is 5.86. The van der Waals surface area contributed by atoms with Crippen LogP contribution in [0.15, 0.2) is 36.7 Å². The number of nitrogens with one attached hydrogen (secondary N) is 2. The molecule has 0 radical (unpaired) electrons. The molecule has 1 aromatic carbocycles. The summed E-state index contributed by atoms with van der Waals surface area (Å²) in [4.78, 5) is 22.7. The molecule has 0 bridgehead atoms. The van der Waals surface area contributed by atoms with Crippen LogP contribution in [0.25, 0.3) is 0 Å². The second-order valence-electron chi connectivity index (χ2n) is 6.12. The first-order valence-electron chi connectivity index (χ1n) is 8.59. The summed E-state index contributed by atoms with van der Waals surface area (Å²) in [6.45, 7) is 3.88. The number of hydrogen-bond donors (Lipinski definition) is 3. The molecular weight excluding hydrogens is 458 g/mol. The van der Waals surface area contributed by atoms with Crippen molar-refractivity contribution in [1.82, 2.24) is 20.7 Å². The highest BCUT2D eigenvalue weighted by Gasteiger charge is 2.16. The standard InChI is InChI=1S/C18H24N6O.4ClH/c19-23-17(25)13-15-3-1-14(2-4-15)5-6-16-18(22-8-7-21-16)24-11-9-20-10-12-24;;;;/h1-4,7-8,20H,5-6,9-13,19H2,(H,23,25);4*1H. The Kier molecular flexibility index (Phi) is 15.9. The lowest BCUT2D eigenvalue weighted by Crippen LogP contribution is -2.44. The fourth-order valence-corrected chi connectivity index (χ4v) is 3.00. The molecule has 4 N–H and O–H groups in total. The van der Waals surface area contributed by atoms with E-state index in [1.54, 1.807) is 12.4 Å². The van der Waals surface area contributed by atoms with Gasteiger partial charge in [0.2, 0.25) is 5.91 Å². The zero-order valence-electron chi connectivity index (χ0n) is 15.9. The zero-order valence-corrected chi connectivity index (χ0v) is 19.1. The highest BCUT2D eigenvalue weighted by atomic mass is 35.5. The van der Waals surface area contributed by atoms with Gasteiger partial charge >= 0.3 is 0 Å². The van der Waals surface area contributed by atoms with Crippen molar-refractivity contribution in [1.29, 1.82) is 0 Å². The van der Waals surface area contributed by atoms with Gasteiger partial charge in [0.1, 0.15) is 5.82 Å². The first kappa shape index (κ1) is 29.8. The summed E-state index contributed by atoms with van der Waals surface area (Å²) < 4.78 is 0. The number of amides is 1. The third kappa shape index (κ3) is 8.90. The number of carbonyl (C=O) groups excluding carboxylic acids is 1. The molecule has 0 unspecified atom stereocenters. The third-order valence-corrected chi connectivity index (χ3v) is 4.37. The molecular formula is C18H28Cl4N6O. The van der Waals surface area contributed by atoms with Crippen molar-refractivity contribution in [2.75, 3.05) is 31.1 Å². The van der Waals surface area contributed by atoms with Crippen molar-refractivity contribution in [2.45, 2.75) is 19.3 Å². The Morgan fingerprint density at radius 3 is 2.17 bits per heavy atom. The van der Waals surface area contributed by atoms with Crippen molar-refractivity contribution in [2.24, 2.45) is 5.84 Å². The summed E-state index contributed by atoms with van der Waals surface area (Å²) in [5.74, 6) is 5.93. The number of nitrogens with zero attached hydrogens (tertiary/aromatic N) is 3. The van der Waals surface area contributed by atoms with Crippen LogP contribution in [0.4, 0.5) is 5.82 Å². The number of hydrazine groups is 1. The molecule has 1 aliphatic rings. The molecule has 2 aromatic rings. The monoisotopic (exact) mass is 484 g/mol. The third-order valence-electron chi connectivity index (χ3n) is 4.37. The second-order valence-corrected chi connectivity index (χ2v) is 6.12. The topological polar surface area (TPSA) is 96.2 Å². The van der Waals surface area contributed by atoms with Crippen LogP contribution in [-0.2, 0) is 24.1 Å². The number of halogens is 4. The second kappa shape index (κ2) is 15.5. The summed E-state index contributed by atoms with van der Waals surface area (Å²) in [5.41, 5.74) is 5.35. The molecule has 1 aromatic heterocycles. The summed E-state index contributed by atoms with van der Waals surface area (Å²) in [5, 5.41) is 3.36. The first-order valence-corrected chi connectivity index (χ1v) is 8.59. The van der Waals surface area contributed by atoms with Crippen molar-refractivity contribution in [3.63, 3.8) is 0 Å². The van der Waals surface area contributed by atoms with Crippen LogP contribution in [0.1, 0.15) is 16.8 Å². The molecule has 0 atom stereocenters. The Bertz CT molecular complexity index is 714. The molecule has 1 saturated heterocycles. The van der Waals surface area contributed by atoms with Crippen LogP contribution in [0.5, 0.6) is 0 Å². The van der Waals surface area contributed by atoms with Gasteiger partial charge < -0.3 is 10.2 Å². The van der Waals surface area contributed by atoms with E-state index in [1.807, 2.05) is 12.1 Å². The molecule has 3 rings (SSSR count). The van der Waals surface area contributed by atoms with E-state index in [1.165, 1.54) is 5.56 Å². The Morgan fingerprint density at radius 2 is 1.55 bits per heavy atom. The van der Waals surface area contributed by atoms with E-state index in [0.717, 1.165) is 56.1 Å². The van der Waals surface area contributed by atoms with Crippen LogP contribution >= 0.6 is 49.6 Å². The maximum absolute atomic E-state index is 11.3.